The number of hydrogen-bond acceptors (Lipinski definition) is 1. The van der Waals surface area contributed by atoms with Crippen molar-refractivity contribution in [3.63, 3.8) is 0 Å². The van der Waals surface area contributed by atoms with Gasteiger partial charge >= 0.3 is 0 Å². The van der Waals surface area contributed by atoms with Gasteiger partial charge < -0.3 is 0 Å². The van der Waals surface area contributed by atoms with E-state index in [-0.39, 0.29) is 16.7 Å². The minimum absolute atomic E-state index is 0.00997. The summed E-state index contributed by atoms with van der Waals surface area (Å²) < 4.78 is 29.0. The standard InChI is InChI=1S/C15H10Cl2F2N2/c1-8-2-3-9(18)4-13(8)21-14-6-11(19)10(17)5-12(14)20-15(21)7-16/h2-6H,7H2,1H3. The SMILES string of the molecule is Cc1ccc(F)cc1-n1c(CCl)nc2cc(Cl)c(F)cc21. The molecule has 1 aromatic heterocycles. The van der Waals surface area contributed by atoms with Crippen LogP contribution in [0.15, 0.2) is 30.3 Å². The monoisotopic (exact) mass is 326 g/mol. The van der Waals surface area contributed by atoms with E-state index in [9.17, 15) is 8.78 Å². The van der Waals surface area contributed by atoms with Crippen LogP contribution in [0.2, 0.25) is 5.02 Å². The molecule has 0 aliphatic carbocycles. The van der Waals surface area contributed by atoms with Gasteiger partial charge in [0.25, 0.3) is 0 Å². The highest BCUT2D eigenvalue weighted by Crippen LogP contribution is 2.28. The van der Waals surface area contributed by atoms with Crippen molar-refractivity contribution in [2.24, 2.45) is 0 Å². The molecule has 0 atom stereocenters. The molecule has 6 heteroatoms. The van der Waals surface area contributed by atoms with Crippen molar-refractivity contribution in [1.82, 2.24) is 9.55 Å². The van der Waals surface area contributed by atoms with Crippen LogP contribution in [0.5, 0.6) is 0 Å². The molecular formula is C15H10Cl2F2N2. The third-order valence-corrected chi connectivity index (χ3v) is 3.83. The van der Waals surface area contributed by atoms with E-state index in [4.69, 9.17) is 23.2 Å². The predicted molar refractivity (Wildman–Crippen MR) is 80.3 cm³/mol. The van der Waals surface area contributed by atoms with Crippen molar-refractivity contribution in [2.75, 3.05) is 0 Å². The minimum Gasteiger partial charge on any atom is -0.295 e. The zero-order valence-corrected chi connectivity index (χ0v) is 12.5. The summed E-state index contributed by atoms with van der Waals surface area (Å²) in [5, 5.41) is -0.00997. The number of benzene rings is 2. The number of nitrogens with zero attached hydrogens (tertiary/aromatic N) is 2. The normalized spacial score (nSPS) is 11.3. The van der Waals surface area contributed by atoms with Gasteiger partial charge in [0, 0.05) is 6.07 Å². The summed E-state index contributed by atoms with van der Waals surface area (Å²) in [7, 11) is 0. The van der Waals surface area contributed by atoms with Gasteiger partial charge in [-0.1, -0.05) is 17.7 Å². The Bertz CT molecular complexity index is 843. The van der Waals surface area contributed by atoms with Crippen LogP contribution in [0, 0.1) is 18.6 Å². The smallest absolute Gasteiger partial charge is 0.144 e. The summed E-state index contributed by atoms with van der Waals surface area (Å²) in [5.74, 6) is -0.320. The Morgan fingerprint density at radius 2 is 1.95 bits per heavy atom. The van der Waals surface area contributed by atoms with E-state index >= 15 is 0 Å². The molecule has 0 saturated heterocycles. The van der Waals surface area contributed by atoms with Crippen LogP contribution in [0.3, 0.4) is 0 Å². The highest BCUT2D eigenvalue weighted by atomic mass is 35.5. The topological polar surface area (TPSA) is 17.8 Å². The van der Waals surface area contributed by atoms with Gasteiger partial charge in [0.1, 0.15) is 17.5 Å². The largest absolute Gasteiger partial charge is 0.295 e. The fourth-order valence-corrected chi connectivity index (χ4v) is 2.64. The maximum Gasteiger partial charge on any atom is 0.144 e. The molecule has 0 aliphatic heterocycles. The molecule has 3 aromatic rings. The van der Waals surface area contributed by atoms with E-state index in [1.807, 2.05) is 6.92 Å². The Labute approximate surface area is 129 Å². The van der Waals surface area contributed by atoms with Gasteiger partial charge in [-0.05, 0) is 30.7 Å². The van der Waals surface area contributed by atoms with E-state index < -0.39 is 5.82 Å². The minimum atomic E-state index is -0.555. The lowest BCUT2D eigenvalue weighted by Gasteiger charge is -2.11. The molecule has 0 spiro atoms. The summed E-state index contributed by atoms with van der Waals surface area (Å²) in [6.45, 7) is 1.84. The fraction of sp³-hybridized carbons (Fsp3) is 0.133. The molecular weight excluding hydrogens is 317 g/mol. The number of aromatic nitrogens is 2. The van der Waals surface area contributed by atoms with Gasteiger partial charge in [-0.3, -0.25) is 4.57 Å². The molecule has 2 nitrogen and oxygen atoms in total. The van der Waals surface area contributed by atoms with Crippen LogP contribution in [0.1, 0.15) is 11.4 Å². The zero-order valence-electron chi connectivity index (χ0n) is 11.0. The lowest BCUT2D eigenvalue weighted by atomic mass is 10.2. The molecule has 0 saturated carbocycles. The first-order chi connectivity index (χ1) is 10.0. The van der Waals surface area contributed by atoms with Gasteiger partial charge in [-0.15, -0.1) is 11.6 Å². The summed E-state index contributed by atoms with van der Waals surface area (Å²) in [4.78, 5) is 4.34. The predicted octanol–water partition coefficient (Wildman–Crippen LogP) is 5.00. The number of aryl methyl sites for hydroxylation is 1. The Morgan fingerprint density at radius 3 is 2.67 bits per heavy atom. The Morgan fingerprint density at radius 1 is 1.19 bits per heavy atom. The van der Waals surface area contributed by atoms with Crippen LogP contribution in [0.25, 0.3) is 16.7 Å². The third kappa shape index (κ3) is 2.39. The molecule has 108 valence electrons. The quantitative estimate of drug-likeness (QED) is 0.605. The second-order valence-corrected chi connectivity index (χ2v) is 5.36. The molecule has 0 unspecified atom stereocenters. The molecule has 0 radical (unpaired) electrons. The van der Waals surface area contributed by atoms with E-state index in [1.54, 1.807) is 10.6 Å². The van der Waals surface area contributed by atoms with E-state index in [0.717, 1.165) is 5.56 Å². The molecule has 0 bridgehead atoms. The second kappa shape index (κ2) is 5.28. The highest BCUT2D eigenvalue weighted by Gasteiger charge is 2.16. The maximum atomic E-state index is 13.8. The second-order valence-electron chi connectivity index (χ2n) is 4.68. The van der Waals surface area contributed by atoms with E-state index in [2.05, 4.69) is 4.98 Å². The van der Waals surface area contributed by atoms with Gasteiger partial charge in [0.2, 0.25) is 0 Å². The Kier molecular flexibility index (Phi) is 3.59. The van der Waals surface area contributed by atoms with Crippen molar-refractivity contribution in [3.8, 4) is 5.69 Å². The number of hydrogen-bond donors (Lipinski definition) is 0. The molecule has 21 heavy (non-hydrogen) atoms. The first-order valence-electron chi connectivity index (χ1n) is 6.20. The molecule has 0 N–H and O–H groups in total. The summed E-state index contributed by atoms with van der Waals surface area (Å²) >= 11 is 11.7. The molecule has 1 heterocycles. The number of halogens is 4. The van der Waals surface area contributed by atoms with Crippen LogP contribution in [0.4, 0.5) is 8.78 Å². The van der Waals surface area contributed by atoms with E-state index in [1.165, 1.54) is 24.3 Å². The van der Waals surface area contributed by atoms with Crippen molar-refractivity contribution in [3.05, 3.63) is 58.4 Å². The molecule has 0 aliphatic rings. The first-order valence-corrected chi connectivity index (χ1v) is 7.11. The number of alkyl halides is 1. The average molecular weight is 327 g/mol. The van der Waals surface area contributed by atoms with Gasteiger partial charge in [0.15, 0.2) is 0 Å². The van der Waals surface area contributed by atoms with Crippen LogP contribution >= 0.6 is 23.2 Å². The van der Waals surface area contributed by atoms with Crippen LogP contribution in [-0.2, 0) is 5.88 Å². The summed E-state index contributed by atoms with van der Waals surface area (Å²) in [6.07, 6.45) is 0. The number of rotatable bonds is 2. The zero-order chi connectivity index (χ0) is 15.1. The summed E-state index contributed by atoms with van der Waals surface area (Å²) in [6, 6.07) is 7.12. The third-order valence-electron chi connectivity index (χ3n) is 3.30. The molecule has 0 fully saturated rings. The number of fused-ring (bicyclic) bond motifs is 1. The molecule has 2 aromatic carbocycles. The van der Waals surface area contributed by atoms with Crippen molar-refractivity contribution in [2.45, 2.75) is 12.8 Å². The van der Waals surface area contributed by atoms with Crippen LogP contribution < -0.4 is 0 Å². The number of imidazole rings is 1. The molecule has 3 rings (SSSR count). The lowest BCUT2D eigenvalue weighted by Crippen LogP contribution is -2.02. The lowest BCUT2D eigenvalue weighted by molar-refractivity contribution is 0.625. The highest BCUT2D eigenvalue weighted by molar-refractivity contribution is 6.31. The maximum absolute atomic E-state index is 13.8. The average Bonchev–Trinajstić information content (AvgIpc) is 2.79. The Hall–Kier alpha value is -1.65. The van der Waals surface area contributed by atoms with Gasteiger partial charge in [-0.2, -0.15) is 0 Å². The Balaban J connectivity index is 2.40. The first kappa shape index (κ1) is 14.3. The summed E-state index contributed by atoms with van der Waals surface area (Å²) in [5.41, 5.74) is 2.43. The fourth-order valence-electron chi connectivity index (χ4n) is 2.30. The van der Waals surface area contributed by atoms with Crippen molar-refractivity contribution in [1.29, 1.82) is 0 Å². The van der Waals surface area contributed by atoms with Crippen molar-refractivity contribution >= 4 is 34.2 Å². The van der Waals surface area contributed by atoms with Crippen molar-refractivity contribution < 1.29 is 8.78 Å². The van der Waals surface area contributed by atoms with Gasteiger partial charge in [-0.25, -0.2) is 13.8 Å². The molecule has 0 amide bonds. The van der Waals surface area contributed by atoms with Gasteiger partial charge in [0.05, 0.1) is 27.6 Å². The van der Waals surface area contributed by atoms with Crippen LogP contribution in [-0.4, -0.2) is 9.55 Å². The van der Waals surface area contributed by atoms with E-state index in [0.29, 0.717) is 22.5 Å².